The van der Waals surface area contributed by atoms with Gasteiger partial charge in [0.2, 0.25) is 11.9 Å². The summed E-state index contributed by atoms with van der Waals surface area (Å²) in [6.45, 7) is 5.98. The molecular weight excluding hydrogens is 362 g/mol. The second-order valence-electron chi connectivity index (χ2n) is 6.07. The van der Waals surface area contributed by atoms with E-state index >= 15 is 0 Å². The molecular formula is C19H21N5O2S. The number of hydrogen-bond acceptors (Lipinski definition) is 8. The van der Waals surface area contributed by atoms with Crippen molar-refractivity contribution in [2.24, 2.45) is 0 Å². The summed E-state index contributed by atoms with van der Waals surface area (Å²) in [5.74, 6) is 0.257. The lowest BCUT2D eigenvalue weighted by Gasteiger charge is -2.08. The Hall–Kier alpha value is -3.00. The average Bonchev–Trinajstić information content (AvgIpc) is 3.02. The van der Waals surface area contributed by atoms with Crippen LogP contribution in [0.1, 0.15) is 38.4 Å². The molecule has 7 nitrogen and oxygen atoms in total. The molecule has 0 spiro atoms. The summed E-state index contributed by atoms with van der Waals surface area (Å²) >= 11 is 1.45. The summed E-state index contributed by atoms with van der Waals surface area (Å²) in [7, 11) is 0. The number of aryl methyl sites for hydroxylation is 3. The zero-order valence-corrected chi connectivity index (χ0v) is 16.3. The SMILES string of the molecule is CCc1sc(C(=O)OCc2nc(N)nc(Nc3ccc(C)cc3)n2)cc1C. The van der Waals surface area contributed by atoms with E-state index in [1.165, 1.54) is 16.2 Å². The smallest absolute Gasteiger partial charge is 0.348 e. The molecule has 2 aromatic heterocycles. The number of anilines is 3. The largest absolute Gasteiger partial charge is 0.453 e. The molecule has 0 unspecified atom stereocenters. The first-order chi connectivity index (χ1) is 12.9. The van der Waals surface area contributed by atoms with Crippen LogP contribution in [-0.2, 0) is 17.8 Å². The van der Waals surface area contributed by atoms with E-state index in [0.29, 0.717) is 10.8 Å². The molecule has 0 aliphatic rings. The van der Waals surface area contributed by atoms with Crippen molar-refractivity contribution in [3.05, 3.63) is 57.0 Å². The van der Waals surface area contributed by atoms with Crippen molar-refractivity contribution >= 4 is 34.9 Å². The van der Waals surface area contributed by atoms with Gasteiger partial charge in [0.25, 0.3) is 0 Å². The fourth-order valence-electron chi connectivity index (χ4n) is 2.50. The number of carbonyl (C=O) groups excluding carboxylic acids is 1. The number of rotatable bonds is 6. The summed E-state index contributed by atoms with van der Waals surface area (Å²) in [4.78, 5) is 26.4. The minimum Gasteiger partial charge on any atom is -0.453 e. The molecule has 8 heteroatoms. The Kier molecular flexibility index (Phi) is 5.66. The molecule has 0 bridgehead atoms. The van der Waals surface area contributed by atoms with Crippen molar-refractivity contribution in [2.45, 2.75) is 33.8 Å². The first-order valence-corrected chi connectivity index (χ1v) is 9.36. The van der Waals surface area contributed by atoms with E-state index in [-0.39, 0.29) is 18.4 Å². The average molecular weight is 383 g/mol. The van der Waals surface area contributed by atoms with Crippen molar-refractivity contribution in [3.63, 3.8) is 0 Å². The Bertz CT molecular complexity index is 953. The molecule has 3 N–H and O–H groups in total. The first kappa shape index (κ1) is 18.8. The second kappa shape index (κ2) is 8.13. The van der Waals surface area contributed by atoms with Gasteiger partial charge in [0.15, 0.2) is 12.4 Å². The monoisotopic (exact) mass is 383 g/mol. The molecule has 140 valence electrons. The Balaban J connectivity index is 1.68. The molecule has 0 amide bonds. The van der Waals surface area contributed by atoms with E-state index in [1.807, 2.05) is 44.2 Å². The molecule has 3 aromatic rings. The van der Waals surface area contributed by atoms with Crippen LogP contribution in [0.15, 0.2) is 30.3 Å². The van der Waals surface area contributed by atoms with Gasteiger partial charge in [-0.1, -0.05) is 24.6 Å². The molecule has 27 heavy (non-hydrogen) atoms. The van der Waals surface area contributed by atoms with Crippen LogP contribution in [0.5, 0.6) is 0 Å². The molecule has 2 heterocycles. The quantitative estimate of drug-likeness (QED) is 0.624. The highest BCUT2D eigenvalue weighted by Crippen LogP contribution is 2.23. The van der Waals surface area contributed by atoms with Gasteiger partial charge >= 0.3 is 5.97 Å². The molecule has 3 rings (SSSR count). The van der Waals surface area contributed by atoms with E-state index in [0.717, 1.165) is 23.2 Å². The van der Waals surface area contributed by atoms with E-state index in [1.54, 1.807) is 0 Å². The molecule has 0 fully saturated rings. The molecule has 1 aromatic carbocycles. The minimum atomic E-state index is -0.394. The Morgan fingerprint density at radius 2 is 1.93 bits per heavy atom. The fourth-order valence-corrected chi connectivity index (χ4v) is 3.50. The van der Waals surface area contributed by atoms with Crippen LogP contribution in [0.4, 0.5) is 17.6 Å². The molecule has 0 aliphatic heterocycles. The highest BCUT2D eigenvalue weighted by molar-refractivity contribution is 7.14. The standard InChI is InChI=1S/C19H21N5O2S/c1-4-14-12(3)9-15(27-14)17(25)26-10-16-22-18(20)24-19(23-16)21-13-7-5-11(2)6-8-13/h5-9H,4,10H2,1-3H3,(H3,20,21,22,23,24). The van der Waals surface area contributed by atoms with Gasteiger partial charge in [-0.15, -0.1) is 11.3 Å². The third-order valence-corrected chi connectivity index (χ3v) is 5.24. The number of thiophene rings is 1. The van der Waals surface area contributed by atoms with Crippen LogP contribution in [0.3, 0.4) is 0 Å². The number of nitrogens with two attached hydrogens (primary N) is 1. The Labute approximate surface area is 161 Å². The predicted molar refractivity (Wildman–Crippen MR) is 106 cm³/mol. The van der Waals surface area contributed by atoms with Crippen LogP contribution >= 0.6 is 11.3 Å². The zero-order chi connectivity index (χ0) is 19.4. The lowest BCUT2D eigenvalue weighted by molar-refractivity contribution is 0.0468. The highest BCUT2D eigenvalue weighted by atomic mass is 32.1. The van der Waals surface area contributed by atoms with Gasteiger partial charge in [-0.2, -0.15) is 15.0 Å². The van der Waals surface area contributed by atoms with Crippen molar-refractivity contribution in [1.82, 2.24) is 15.0 Å². The van der Waals surface area contributed by atoms with Gasteiger partial charge in [-0.05, 0) is 44.0 Å². The lowest BCUT2D eigenvalue weighted by Crippen LogP contribution is -2.10. The van der Waals surface area contributed by atoms with Gasteiger partial charge in [-0.25, -0.2) is 4.79 Å². The van der Waals surface area contributed by atoms with Gasteiger partial charge in [0.1, 0.15) is 4.88 Å². The maximum Gasteiger partial charge on any atom is 0.348 e. The van der Waals surface area contributed by atoms with Crippen molar-refractivity contribution in [2.75, 3.05) is 11.1 Å². The van der Waals surface area contributed by atoms with Crippen molar-refractivity contribution in [3.8, 4) is 0 Å². The minimum absolute atomic E-state index is 0.0610. The number of hydrogen-bond donors (Lipinski definition) is 2. The third-order valence-electron chi connectivity index (χ3n) is 3.88. The van der Waals surface area contributed by atoms with E-state index < -0.39 is 5.97 Å². The van der Waals surface area contributed by atoms with E-state index in [2.05, 4.69) is 27.2 Å². The van der Waals surface area contributed by atoms with E-state index in [9.17, 15) is 4.79 Å². The number of benzene rings is 1. The molecule has 0 saturated carbocycles. The first-order valence-electron chi connectivity index (χ1n) is 8.55. The summed E-state index contributed by atoms with van der Waals surface area (Å²) in [5.41, 5.74) is 8.84. The van der Waals surface area contributed by atoms with Gasteiger partial charge in [-0.3, -0.25) is 0 Å². The van der Waals surface area contributed by atoms with Crippen LogP contribution in [0, 0.1) is 13.8 Å². The number of esters is 1. The topological polar surface area (TPSA) is 103 Å². The second-order valence-corrected chi connectivity index (χ2v) is 7.21. The van der Waals surface area contributed by atoms with Crippen molar-refractivity contribution in [1.29, 1.82) is 0 Å². The summed E-state index contributed by atoms with van der Waals surface area (Å²) in [6.07, 6.45) is 0.891. The molecule has 0 radical (unpaired) electrons. The number of nitrogen functional groups attached to an aromatic ring is 1. The number of nitrogens with zero attached hydrogens (tertiary/aromatic N) is 3. The highest BCUT2D eigenvalue weighted by Gasteiger charge is 2.14. The Morgan fingerprint density at radius 3 is 2.59 bits per heavy atom. The third kappa shape index (κ3) is 4.79. The maximum atomic E-state index is 12.3. The molecule has 0 atom stereocenters. The summed E-state index contributed by atoms with van der Waals surface area (Å²) in [6, 6.07) is 9.63. The normalized spacial score (nSPS) is 10.6. The van der Waals surface area contributed by atoms with Crippen molar-refractivity contribution < 1.29 is 9.53 Å². The number of carbonyl (C=O) groups is 1. The van der Waals surface area contributed by atoms with Crippen LogP contribution in [0.25, 0.3) is 0 Å². The van der Waals surface area contributed by atoms with Crippen LogP contribution < -0.4 is 11.1 Å². The van der Waals surface area contributed by atoms with E-state index in [4.69, 9.17) is 10.5 Å². The summed E-state index contributed by atoms with van der Waals surface area (Å²) in [5, 5.41) is 3.07. The van der Waals surface area contributed by atoms with Crippen LogP contribution in [0.2, 0.25) is 0 Å². The fraction of sp³-hybridized carbons (Fsp3) is 0.263. The number of ether oxygens (including phenoxy) is 1. The number of aromatic nitrogens is 3. The Morgan fingerprint density at radius 1 is 1.19 bits per heavy atom. The maximum absolute atomic E-state index is 12.3. The van der Waals surface area contributed by atoms with Gasteiger partial charge in [0, 0.05) is 10.6 Å². The summed E-state index contributed by atoms with van der Waals surface area (Å²) < 4.78 is 5.34. The lowest BCUT2D eigenvalue weighted by atomic mass is 10.2. The predicted octanol–water partition coefficient (Wildman–Crippen LogP) is 3.80. The molecule has 0 saturated heterocycles. The van der Waals surface area contributed by atoms with Gasteiger partial charge in [0.05, 0.1) is 0 Å². The number of nitrogens with one attached hydrogen (secondary N) is 1. The zero-order valence-electron chi connectivity index (χ0n) is 15.4. The van der Waals surface area contributed by atoms with Crippen LogP contribution in [-0.4, -0.2) is 20.9 Å². The molecule has 0 aliphatic carbocycles. The van der Waals surface area contributed by atoms with Gasteiger partial charge < -0.3 is 15.8 Å².